The highest BCUT2D eigenvalue weighted by Gasteiger charge is 2.42. The van der Waals surface area contributed by atoms with Crippen LogP contribution in [0.25, 0.3) is 0 Å². The lowest BCUT2D eigenvalue weighted by Crippen LogP contribution is -2.46. The number of carbonyl (C=O) groups excluding carboxylic acids is 3. The van der Waals surface area contributed by atoms with Crippen molar-refractivity contribution in [3.8, 4) is 0 Å². The number of hydrogen-bond acceptors (Lipinski definition) is 4. The summed E-state index contributed by atoms with van der Waals surface area (Å²) < 4.78 is 2.69. The number of amides is 3. The van der Waals surface area contributed by atoms with Crippen molar-refractivity contribution in [3.05, 3.63) is 57.8 Å². The Hall–Kier alpha value is -3.14. The number of hydrogen-bond donors (Lipinski definition) is 4. The number of rotatable bonds is 3. The summed E-state index contributed by atoms with van der Waals surface area (Å²) in [4.78, 5) is 49.3. The maximum Gasteiger partial charge on any atom is 0.404 e. The molecule has 0 saturated carbocycles. The Morgan fingerprint density at radius 2 is 1.84 bits per heavy atom. The third kappa shape index (κ3) is 4.34. The number of aromatic nitrogens is 1. The van der Waals surface area contributed by atoms with Gasteiger partial charge in [-0.1, -0.05) is 15.9 Å². The quantitative estimate of drug-likeness (QED) is 0.490. The molecule has 10 heteroatoms. The molecule has 0 saturated heterocycles. The largest absolute Gasteiger partial charge is 0.465 e. The van der Waals surface area contributed by atoms with Crippen LogP contribution in [0.15, 0.2) is 41.0 Å². The van der Waals surface area contributed by atoms with E-state index < -0.39 is 35.8 Å². The number of hydrazine groups is 1. The van der Waals surface area contributed by atoms with Gasteiger partial charge in [0.25, 0.3) is 5.91 Å². The van der Waals surface area contributed by atoms with Crippen molar-refractivity contribution in [2.75, 3.05) is 0 Å². The third-order valence-corrected chi connectivity index (χ3v) is 6.34. The average molecular weight is 489 g/mol. The number of aryl methyl sites for hydroxylation is 1. The molecular weight excluding hydrogens is 468 g/mol. The summed E-state index contributed by atoms with van der Waals surface area (Å²) in [7, 11) is 0. The van der Waals surface area contributed by atoms with Gasteiger partial charge in [0.05, 0.1) is 11.8 Å². The second kappa shape index (κ2) is 8.54. The van der Waals surface area contributed by atoms with Gasteiger partial charge in [0.2, 0.25) is 5.91 Å². The summed E-state index contributed by atoms with van der Waals surface area (Å²) in [5.41, 5.74) is 6.97. The van der Waals surface area contributed by atoms with Crippen molar-refractivity contribution >= 4 is 39.6 Å². The first-order valence-corrected chi connectivity index (χ1v) is 10.7. The molecule has 31 heavy (non-hydrogen) atoms. The fourth-order valence-corrected chi connectivity index (χ4v) is 4.64. The lowest BCUT2D eigenvalue weighted by atomic mass is 9.79. The van der Waals surface area contributed by atoms with Gasteiger partial charge in [-0.3, -0.25) is 25.2 Å². The molecule has 1 aliphatic carbocycles. The van der Waals surface area contributed by atoms with Crippen molar-refractivity contribution in [2.45, 2.75) is 37.8 Å². The predicted molar refractivity (Wildman–Crippen MR) is 113 cm³/mol. The highest BCUT2D eigenvalue weighted by Crippen LogP contribution is 2.37. The van der Waals surface area contributed by atoms with Crippen LogP contribution in [0.4, 0.5) is 4.79 Å². The topological polar surface area (TPSA) is 130 Å². The zero-order chi connectivity index (χ0) is 22.1. The van der Waals surface area contributed by atoms with Crippen LogP contribution in [0.3, 0.4) is 0 Å². The Balaban J connectivity index is 1.48. The molecule has 2 aliphatic rings. The highest BCUT2D eigenvalue weighted by molar-refractivity contribution is 9.10. The first-order valence-electron chi connectivity index (χ1n) is 9.89. The van der Waals surface area contributed by atoms with Gasteiger partial charge in [0.1, 0.15) is 5.78 Å². The molecule has 3 amide bonds. The number of nitrogens with zero attached hydrogens (tertiary/aromatic N) is 1. The third-order valence-electron chi connectivity index (χ3n) is 5.81. The summed E-state index contributed by atoms with van der Waals surface area (Å²) in [5.74, 6) is -2.43. The average Bonchev–Trinajstić information content (AvgIpc) is 3.06. The van der Waals surface area contributed by atoms with Crippen LogP contribution >= 0.6 is 15.9 Å². The number of halogens is 1. The standard InChI is InChI=1S/C21H21BrN4O5/c22-14-4-1-12(2-5-14)19(28)24-25-20(29)13-9-16(27)17-15(23-21(30)31)6-3-11-7-8-26(10-13)18(11)17/h1-2,4-5,7-8,13,15,17,23H,3,6,9-10H2,(H,24,28)(H,25,29)(H,30,31)/t13-,15-,17?/m0/s1. The van der Waals surface area contributed by atoms with Crippen molar-refractivity contribution in [1.29, 1.82) is 0 Å². The molecule has 0 radical (unpaired) electrons. The Morgan fingerprint density at radius 1 is 1.10 bits per heavy atom. The Kier molecular flexibility index (Phi) is 5.81. The molecule has 1 aliphatic heterocycles. The van der Waals surface area contributed by atoms with Gasteiger partial charge in [-0.2, -0.15) is 0 Å². The minimum absolute atomic E-state index is 0.0381. The van der Waals surface area contributed by atoms with Gasteiger partial charge in [-0.25, -0.2) is 4.79 Å². The molecule has 4 rings (SSSR count). The summed E-state index contributed by atoms with van der Waals surface area (Å²) in [6.07, 6.45) is 1.81. The molecule has 0 fully saturated rings. The van der Waals surface area contributed by atoms with Crippen LogP contribution in [-0.2, 0) is 22.6 Å². The molecular formula is C21H21BrN4O5. The van der Waals surface area contributed by atoms with Gasteiger partial charge in [-0.05, 0) is 48.7 Å². The molecule has 2 aromatic rings. The van der Waals surface area contributed by atoms with E-state index in [-0.39, 0.29) is 18.7 Å². The number of Topliss-reactive ketones (excluding diaryl/α,β-unsaturated/α-hetero) is 1. The van der Waals surface area contributed by atoms with Crippen LogP contribution in [0, 0.1) is 5.92 Å². The molecule has 0 spiro atoms. The minimum atomic E-state index is -1.17. The van der Waals surface area contributed by atoms with E-state index in [1.165, 1.54) is 0 Å². The molecule has 4 N–H and O–H groups in total. The maximum atomic E-state index is 13.1. The van der Waals surface area contributed by atoms with Crippen molar-refractivity contribution in [1.82, 2.24) is 20.7 Å². The first-order chi connectivity index (χ1) is 14.8. The van der Waals surface area contributed by atoms with E-state index in [4.69, 9.17) is 5.11 Å². The maximum absolute atomic E-state index is 13.1. The number of benzene rings is 1. The van der Waals surface area contributed by atoms with Crippen LogP contribution in [0.1, 0.15) is 40.4 Å². The molecule has 1 unspecified atom stereocenters. The molecule has 9 nitrogen and oxygen atoms in total. The predicted octanol–water partition coefficient (Wildman–Crippen LogP) is 1.97. The van der Waals surface area contributed by atoms with E-state index in [9.17, 15) is 19.2 Å². The Bertz CT molecular complexity index is 1050. The lowest BCUT2D eigenvalue weighted by Gasteiger charge is -2.31. The van der Waals surface area contributed by atoms with E-state index >= 15 is 0 Å². The number of ketones is 1. The lowest BCUT2D eigenvalue weighted by molar-refractivity contribution is -0.130. The molecule has 1 aromatic carbocycles. The van der Waals surface area contributed by atoms with Crippen molar-refractivity contribution in [3.63, 3.8) is 0 Å². The van der Waals surface area contributed by atoms with Crippen LogP contribution in [0.5, 0.6) is 0 Å². The van der Waals surface area contributed by atoms with E-state index in [1.807, 2.05) is 16.8 Å². The molecule has 162 valence electrons. The van der Waals surface area contributed by atoms with Gasteiger partial charge < -0.3 is 15.0 Å². The van der Waals surface area contributed by atoms with E-state index in [0.717, 1.165) is 15.7 Å². The second-order valence-electron chi connectivity index (χ2n) is 7.77. The minimum Gasteiger partial charge on any atom is -0.465 e. The Labute approximate surface area is 186 Å². The first kappa shape index (κ1) is 21.1. The monoisotopic (exact) mass is 488 g/mol. The summed E-state index contributed by atoms with van der Waals surface area (Å²) >= 11 is 3.30. The fraction of sp³-hybridized carbons (Fsp3) is 0.333. The van der Waals surface area contributed by atoms with Gasteiger partial charge in [0, 0.05) is 40.9 Å². The second-order valence-corrected chi connectivity index (χ2v) is 8.68. The summed E-state index contributed by atoms with van der Waals surface area (Å²) in [6, 6.07) is 8.06. The smallest absolute Gasteiger partial charge is 0.404 e. The Morgan fingerprint density at radius 3 is 2.55 bits per heavy atom. The molecule has 0 bridgehead atoms. The number of carbonyl (C=O) groups is 4. The van der Waals surface area contributed by atoms with E-state index in [2.05, 4.69) is 32.1 Å². The summed E-state index contributed by atoms with van der Waals surface area (Å²) in [5, 5.41) is 11.6. The van der Waals surface area contributed by atoms with Gasteiger partial charge in [-0.15, -0.1) is 0 Å². The van der Waals surface area contributed by atoms with E-state index in [0.29, 0.717) is 18.4 Å². The summed E-state index contributed by atoms with van der Waals surface area (Å²) in [6.45, 7) is 0.275. The highest BCUT2D eigenvalue weighted by atomic mass is 79.9. The number of carboxylic acid groups (broad SMARTS) is 1. The zero-order valence-electron chi connectivity index (χ0n) is 16.4. The van der Waals surface area contributed by atoms with Crippen LogP contribution < -0.4 is 16.2 Å². The van der Waals surface area contributed by atoms with Crippen molar-refractivity contribution < 1.29 is 24.3 Å². The van der Waals surface area contributed by atoms with Gasteiger partial charge >= 0.3 is 6.09 Å². The normalized spacial score (nSPS) is 22.1. The van der Waals surface area contributed by atoms with E-state index in [1.54, 1.807) is 24.3 Å². The van der Waals surface area contributed by atoms with Crippen molar-refractivity contribution in [2.24, 2.45) is 5.92 Å². The molecule has 2 heterocycles. The molecule has 1 aromatic heterocycles. The fourth-order valence-electron chi connectivity index (χ4n) is 4.38. The van der Waals surface area contributed by atoms with Crippen LogP contribution in [0.2, 0.25) is 0 Å². The SMILES string of the molecule is O=C(O)N[C@H]1CCc2ccn3c2C1C(=O)C[C@H](C(=O)NNC(=O)c1ccc(Br)cc1)C3. The molecule has 3 atom stereocenters. The van der Waals surface area contributed by atoms with Gasteiger partial charge in [0.15, 0.2) is 0 Å². The van der Waals surface area contributed by atoms with Crippen LogP contribution in [-0.4, -0.2) is 39.4 Å². The number of nitrogens with one attached hydrogen (secondary N) is 3. The zero-order valence-corrected chi connectivity index (χ0v) is 18.0.